The van der Waals surface area contributed by atoms with E-state index in [9.17, 15) is 4.79 Å². The molecule has 0 heterocycles. The van der Waals surface area contributed by atoms with Gasteiger partial charge in [0.05, 0.1) is 5.92 Å². The van der Waals surface area contributed by atoms with Gasteiger partial charge in [-0.05, 0) is 30.6 Å². The number of carbonyl (C=O) groups is 1. The van der Waals surface area contributed by atoms with Gasteiger partial charge in [-0.3, -0.25) is 4.79 Å². The van der Waals surface area contributed by atoms with Crippen LogP contribution >= 0.6 is 0 Å². The molecule has 0 aliphatic rings. The van der Waals surface area contributed by atoms with Gasteiger partial charge in [0.1, 0.15) is 0 Å². The van der Waals surface area contributed by atoms with Gasteiger partial charge in [-0.1, -0.05) is 34.6 Å². The summed E-state index contributed by atoms with van der Waals surface area (Å²) in [6, 6.07) is 0. The fraction of sp³-hybridized carbons (Fsp3) is 0.917. The van der Waals surface area contributed by atoms with Gasteiger partial charge >= 0.3 is 5.97 Å². The first-order valence-corrected chi connectivity index (χ1v) is 5.45. The van der Waals surface area contributed by atoms with Crippen molar-refractivity contribution in [3.05, 3.63) is 0 Å². The first kappa shape index (κ1) is 13.5. The van der Waals surface area contributed by atoms with Crippen LogP contribution in [-0.4, -0.2) is 11.1 Å². The first-order chi connectivity index (χ1) is 6.22. The Morgan fingerprint density at radius 1 is 1.21 bits per heavy atom. The third-order valence-corrected chi connectivity index (χ3v) is 2.47. The molecule has 0 radical (unpaired) electrons. The molecular weight excluding hydrogens is 176 g/mol. The predicted molar refractivity (Wildman–Crippen MR) is 59.3 cm³/mol. The lowest BCUT2D eigenvalue weighted by molar-refractivity contribution is -0.141. The topological polar surface area (TPSA) is 37.3 Å². The average molecular weight is 200 g/mol. The van der Waals surface area contributed by atoms with Gasteiger partial charge < -0.3 is 5.11 Å². The first-order valence-electron chi connectivity index (χ1n) is 5.45. The summed E-state index contributed by atoms with van der Waals surface area (Å²) >= 11 is 0. The standard InChI is InChI=1S/C12H24O2/c1-9(8-12(3,4)5)6-7-10(2)11(13)14/h9-10H,6-8H2,1-5H3,(H,13,14). The molecule has 0 spiro atoms. The fourth-order valence-electron chi connectivity index (χ4n) is 1.81. The van der Waals surface area contributed by atoms with Crippen molar-refractivity contribution in [2.45, 2.75) is 53.9 Å². The van der Waals surface area contributed by atoms with E-state index in [-0.39, 0.29) is 5.92 Å². The van der Waals surface area contributed by atoms with Crippen LogP contribution < -0.4 is 0 Å². The Hall–Kier alpha value is -0.530. The quantitative estimate of drug-likeness (QED) is 0.736. The number of hydrogen-bond donors (Lipinski definition) is 1. The lowest BCUT2D eigenvalue weighted by atomic mass is 9.83. The van der Waals surface area contributed by atoms with Crippen molar-refractivity contribution in [3.8, 4) is 0 Å². The summed E-state index contributed by atoms with van der Waals surface area (Å²) in [5, 5.41) is 8.73. The van der Waals surface area contributed by atoms with Crippen LogP contribution in [0.5, 0.6) is 0 Å². The molecule has 0 saturated carbocycles. The summed E-state index contributed by atoms with van der Waals surface area (Å²) in [5.74, 6) is -0.248. The Balaban J connectivity index is 3.74. The van der Waals surface area contributed by atoms with Crippen LogP contribution in [0.3, 0.4) is 0 Å². The summed E-state index contributed by atoms with van der Waals surface area (Å²) < 4.78 is 0. The molecule has 0 amide bonds. The van der Waals surface area contributed by atoms with E-state index in [2.05, 4.69) is 27.7 Å². The maximum Gasteiger partial charge on any atom is 0.306 e. The number of aliphatic carboxylic acids is 1. The lowest BCUT2D eigenvalue weighted by Gasteiger charge is -2.23. The van der Waals surface area contributed by atoms with Gasteiger partial charge in [0.2, 0.25) is 0 Å². The molecule has 0 aromatic rings. The van der Waals surface area contributed by atoms with Crippen LogP contribution in [-0.2, 0) is 4.79 Å². The monoisotopic (exact) mass is 200 g/mol. The van der Waals surface area contributed by atoms with Gasteiger partial charge in [-0.2, -0.15) is 0 Å². The third kappa shape index (κ3) is 6.93. The number of rotatable bonds is 5. The largest absolute Gasteiger partial charge is 0.481 e. The van der Waals surface area contributed by atoms with E-state index in [0.29, 0.717) is 11.3 Å². The Morgan fingerprint density at radius 2 is 1.71 bits per heavy atom. The van der Waals surface area contributed by atoms with Crippen molar-refractivity contribution in [3.63, 3.8) is 0 Å². The van der Waals surface area contributed by atoms with E-state index in [1.54, 1.807) is 6.92 Å². The van der Waals surface area contributed by atoms with E-state index in [1.807, 2.05) is 0 Å². The maximum absolute atomic E-state index is 10.6. The van der Waals surface area contributed by atoms with Crippen molar-refractivity contribution in [2.75, 3.05) is 0 Å². The zero-order valence-electron chi connectivity index (χ0n) is 10.1. The van der Waals surface area contributed by atoms with Crippen molar-refractivity contribution in [2.24, 2.45) is 17.3 Å². The zero-order chi connectivity index (χ0) is 11.4. The van der Waals surface area contributed by atoms with Gasteiger partial charge in [0, 0.05) is 0 Å². The van der Waals surface area contributed by atoms with Gasteiger partial charge in [0.25, 0.3) is 0 Å². The predicted octanol–water partition coefficient (Wildman–Crippen LogP) is 3.56. The molecule has 0 aromatic heterocycles. The van der Waals surface area contributed by atoms with Crippen LogP contribution in [0.4, 0.5) is 0 Å². The van der Waals surface area contributed by atoms with Gasteiger partial charge in [0.15, 0.2) is 0 Å². The maximum atomic E-state index is 10.6. The molecule has 0 fully saturated rings. The van der Waals surface area contributed by atoms with Crippen LogP contribution in [0.15, 0.2) is 0 Å². The summed E-state index contributed by atoms with van der Waals surface area (Å²) in [7, 11) is 0. The van der Waals surface area contributed by atoms with Crippen LogP contribution in [0.25, 0.3) is 0 Å². The van der Waals surface area contributed by atoms with Crippen LogP contribution in [0.2, 0.25) is 0 Å². The number of carboxylic acids is 1. The smallest absolute Gasteiger partial charge is 0.306 e. The molecule has 2 heteroatoms. The molecule has 1 N–H and O–H groups in total. The highest BCUT2D eigenvalue weighted by Gasteiger charge is 2.17. The molecule has 2 nitrogen and oxygen atoms in total. The minimum Gasteiger partial charge on any atom is -0.481 e. The van der Waals surface area contributed by atoms with Crippen LogP contribution in [0.1, 0.15) is 53.9 Å². The van der Waals surface area contributed by atoms with Crippen LogP contribution in [0, 0.1) is 17.3 Å². The second kappa shape index (κ2) is 5.38. The highest BCUT2D eigenvalue weighted by molar-refractivity contribution is 5.69. The SMILES string of the molecule is CC(CCC(C)C(=O)O)CC(C)(C)C. The fourth-order valence-corrected chi connectivity index (χ4v) is 1.81. The molecule has 0 saturated heterocycles. The van der Waals surface area contributed by atoms with Crippen molar-refractivity contribution < 1.29 is 9.90 Å². The van der Waals surface area contributed by atoms with E-state index in [4.69, 9.17) is 5.11 Å². The Morgan fingerprint density at radius 3 is 2.07 bits per heavy atom. The molecule has 2 unspecified atom stereocenters. The Labute approximate surface area is 87.7 Å². The molecule has 0 aliphatic heterocycles. The molecule has 14 heavy (non-hydrogen) atoms. The van der Waals surface area contributed by atoms with Gasteiger partial charge in [-0.25, -0.2) is 0 Å². The number of carboxylic acid groups (broad SMARTS) is 1. The molecule has 0 bridgehead atoms. The number of hydrogen-bond acceptors (Lipinski definition) is 1. The van der Waals surface area contributed by atoms with Crippen molar-refractivity contribution >= 4 is 5.97 Å². The van der Waals surface area contributed by atoms with Crippen molar-refractivity contribution in [1.82, 2.24) is 0 Å². The van der Waals surface area contributed by atoms with E-state index in [0.717, 1.165) is 12.8 Å². The second-order valence-corrected chi connectivity index (χ2v) is 5.69. The molecule has 0 aliphatic carbocycles. The molecule has 0 rings (SSSR count). The molecule has 84 valence electrons. The van der Waals surface area contributed by atoms with E-state index >= 15 is 0 Å². The summed E-state index contributed by atoms with van der Waals surface area (Å²) in [5.41, 5.74) is 0.353. The Bertz CT molecular complexity index is 179. The minimum atomic E-state index is -0.673. The highest BCUT2D eigenvalue weighted by atomic mass is 16.4. The van der Waals surface area contributed by atoms with Gasteiger partial charge in [-0.15, -0.1) is 0 Å². The third-order valence-electron chi connectivity index (χ3n) is 2.47. The normalized spacial score (nSPS) is 16.4. The summed E-state index contributed by atoms with van der Waals surface area (Å²) in [6.45, 7) is 10.7. The molecule has 0 aromatic carbocycles. The highest BCUT2D eigenvalue weighted by Crippen LogP contribution is 2.27. The summed E-state index contributed by atoms with van der Waals surface area (Å²) in [6.07, 6.45) is 2.98. The molecule has 2 atom stereocenters. The summed E-state index contributed by atoms with van der Waals surface area (Å²) in [4.78, 5) is 10.6. The van der Waals surface area contributed by atoms with E-state index in [1.165, 1.54) is 6.42 Å². The molecular formula is C12H24O2. The average Bonchev–Trinajstić information content (AvgIpc) is 1.96. The zero-order valence-corrected chi connectivity index (χ0v) is 10.1. The lowest BCUT2D eigenvalue weighted by Crippen LogP contribution is -2.14. The van der Waals surface area contributed by atoms with Crippen molar-refractivity contribution in [1.29, 1.82) is 0 Å². The minimum absolute atomic E-state index is 0.197. The van der Waals surface area contributed by atoms with E-state index < -0.39 is 5.97 Å². The second-order valence-electron chi connectivity index (χ2n) is 5.69. The Kier molecular flexibility index (Phi) is 5.17.